The van der Waals surface area contributed by atoms with Gasteiger partial charge in [-0.3, -0.25) is 0 Å². The van der Waals surface area contributed by atoms with E-state index in [1.807, 2.05) is 18.2 Å². The Morgan fingerprint density at radius 3 is 2.44 bits per heavy atom. The zero-order valence-corrected chi connectivity index (χ0v) is 19.8. The lowest BCUT2D eigenvalue weighted by molar-refractivity contribution is 0.324. The summed E-state index contributed by atoms with van der Waals surface area (Å²) in [7, 11) is 4.68. The van der Waals surface area contributed by atoms with Crippen LogP contribution < -0.4 is 14.2 Å². The van der Waals surface area contributed by atoms with Gasteiger partial charge in [0.1, 0.15) is 0 Å². The number of imidazole rings is 1. The molecule has 0 amide bonds. The maximum atomic E-state index is 6.14. The van der Waals surface area contributed by atoms with Crippen LogP contribution in [0.25, 0.3) is 22.5 Å². The fraction of sp³-hybridized carbons (Fsp3) is 0.318. The van der Waals surface area contributed by atoms with E-state index in [0.717, 1.165) is 29.2 Å². The largest absolute Gasteiger partial charge is 0.493 e. The maximum Gasteiger partial charge on any atom is 0.248 e. The quantitative estimate of drug-likeness (QED) is 0.295. The Hall–Kier alpha value is -2.91. The molecule has 0 radical (unpaired) electrons. The second-order valence-corrected chi connectivity index (χ2v) is 8.26. The smallest absolute Gasteiger partial charge is 0.248 e. The molecule has 2 aromatic heterocycles. The van der Waals surface area contributed by atoms with Gasteiger partial charge in [-0.2, -0.15) is 0 Å². The van der Waals surface area contributed by atoms with Gasteiger partial charge in [0.15, 0.2) is 16.7 Å². The van der Waals surface area contributed by atoms with E-state index in [9.17, 15) is 0 Å². The third-order valence-electron chi connectivity index (χ3n) is 4.83. The minimum atomic E-state index is 0.369. The molecule has 0 saturated carbocycles. The number of ether oxygens (including phenoxy) is 3. The average molecular weight is 475 g/mol. The van der Waals surface area contributed by atoms with Crippen LogP contribution in [0, 0.1) is 0 Å². The first kappa shape index (κ1) is 22.3. The average Bonchev–Trinajstić information content (AvgIpc) is 3.41. The normalized spacial score (nSPS) is 11.2. The molecule has 4 aromatic rings. The fourth-order valence-electron chi connectivity index (χ4n) is 3.39. The van der Waals surface area contributed by atoms with Gasteiger partial charge in [-0.05, 0) is 36.8 Å². The van der Waals surface area contributed by atoms with Crippen LogP contribution in [0.5, 0.6) is 17.2 Å². The summed E-state index contributed by atoms with van der Waals surface area (Å²) in [5.74, 6) is 2.88. The molecule has 0 spiro atoms. The SMILES string of the molecule is CCCn1c(SCc2nnc(-c3cc(OC)c(OC)c(OC)c3)o2)nc2cc(Cl)ccc21. The van der Waals surface area contributed by atoms with Crippen LogP contribution in [0.1, 0.15) is 19.2 Å². The second kappa shape index (κ2) is 9.70. The van der Waals surface area contributed by atoms with Gasteiger partial charge in [-0.1, -0.05) is 30.3 Å². The summed E-state index contributed by atoms with van der Waals surface area (Å²) in [6, 6.07) is 9.31. The molecule has 168 valence electrons. The molecule has 0 atom stereocenters. The lowest BCUT2D eigenvalue weighted by Crippen LogP contribution is -1.98. The monoisotopic (exact) mass is 474 g/mol. The summed E-state index contributed by atoms with van der Waals surface area (Å²) in [6.45, 7) is 3.00. The number of hydrogen-bond donors (Lipinski definition) is 0. The van der Waals surface area contributed by atoms with Gasteiger partial charge < -0.3 is 23.2 Å². The summed E-state index contributed by atoms with van der Waals surface area (Å²) in [4.78, 5) is 4.74. The summed E-state index contributed by atoms with van der Waals surface area (Å²) < 4.78 is 24.3. The van der Waals surface area contributed by atoms with E-state index in [1.165, 1.54) is 0 Å². The third-order valence-corrected chi connectivity index (χ3v) is 6.02. The first-order valence-corrected chi connectivity index (χ1v) is 11.4. The number of methoxy groups -OCH3 is 3. The molecule has 0 saturated heterocycles. The standard InChI is InChI=1S/C22H23ClN4O4S/c1-5-8-27-16-7-6-14(23)11-15(16)24-22(27)32-12-19-25-26-21(31-19)13-9-17(28-2)20(30-4)18(10-13)29-3/h6-7,9-11H,5,8,12H2,1-4H3. The number of aryl methyl sites for hydroxylation is 1. The zero-order valence-electron chi connectivity index (χ0n) is 18.2. The van der Waals surface area contributed by atoms with Crippen molar-refractivity contribution < 1.29 is 18.6 Å². The van der Waals surface area contributed by atoms with Crippen molar-refractivity contribution >= 4 is 34.4 Å². The molecule has 2 aromatic carbocycles. The van der Waals surface area contributed by atoms with Gasteiger partial charge >= 0.3 is 0 Å². The number of rotatable bonds is 9. The van der Waals surface area contributed by atoms with Crippen LogP contribution in [-0.2, 0) is 12.3 Å². The fourth-order valence-corrected chi connectivity index (χ4v) is 4.43. The van der Waals surface area contributed by atoms with Crippen molar-refractivity contribution in [1.29, 1.82) is 0 Å². The van der Waals surface area contributed by atoms with Crippen LogP contribution >= 0.6 is 23.4 Å². The Labute approximate surface area is 194 Å². The van der Waals surface area contributed by atoms with E-state index < -0.39 is 0 Å². The van der Waals surface area contributed by atoms with Gasteiger partial charge in [0.05, 0.1) is 38.1 Å². The van der Waals surface area contributed by atoms with Crippen LogP contribution in [-0.4, -0.2) is 41.1 Å². The highest BCUT2D eigenvalue weighted by Gasteiger charge is 2.18. The predicted octanol–water partition coefficient (Wildman–Crippen LogP) is 5.47. The van der Waals surface area contributed by atoms with Gasteiger partial charge in [-0.15, -0.1) is 10.2 Å². The lowest BCUT2D eigenvalue weighted by Gasteiger charge is -2.12. The molecule has 8 nitrogen and oxygen atoms in total. The molecule has 0 aliphatic carbocycles. The predicted molar refractivity (Wildman–Crippen MR) is 124 cm³/mol. The van der Waals surface area contributed by atoms with Crippen LogP contribution in [0.3, 0.4) is 0 Å². The number of aromatic nitrogens is 4. The number of benzene rings is 2. The molecule has 0 unspecified atom stereocenters. The molecular formula is C22H23ClN4O4S. The van der Waals surface area contributed by atoms with Crippen LogP contribution in [0.2, 0.25) is 5.02 Å². The van der Waals surface area contributed by atoms with E-state index in [1.54, 1.807) is 45.2 Å². The van der Waals surface area contributed by atoms with E-state index in [-0.39, 0.29) is 0 Å². The minimum absolute atomic E-state index is 0.369. The number of halogens is 1. The molecule has 0 aliphatic rings. The van der Waals surface area contributed by atoms with Gasteiger partial charge in [0.2, 0.25) is 17.5 Å². The maximum absolute atomic E-state index is 6.14. The van der Waals surface area contributed by atoms with Crippen molar-refractivity contribution in [3.63, 3.8) is 0 Å². The second-order valence-electron chi connectivity index (χ2n) is 6.88. The van der Waals surface area contributed by atoms with Gasteiger partial charge in [0, 0.05) is 17.1 Å². The molecule has 0 bridgehead atoms. The summed E-state index contributed by atoms with van der Waals surface area (Å²) in [5.41, 5.74) is 2.61. The molecule has 0 N–H and O–H groups in total. The van der Waals surface area contributed by atoms with Gasteiger partial charge in [-0.25, -0.2) is 4.98 Å². The molecule has 32 heavy (non-hydrogen) atoms. The van der Waals surface area contributed by atoms with Crippen LogP contribution in [0.15, 0.2) is 39.9 Å². The summed E-state index contributed by atoms with van der Waals surface area (Å²) >= 11 is 7.68. The van der Waals surface area contributed by atoms with Crippen molar-refractivity contribution in [3.8, 4) is 28.7 Å². The Kier molecular flexibility index (Phi) is 6.76. The molecule has 2 heterocycles. The summed E-state index contributed by atoms with van der Waals surface area (Å²) in [6.07, 6.45) is 0.994. The van der Waals surface area contributed by atoms with Crippen molar-refractivity contribution in [2.45, 2.75) is 30.8 Å². The minimum Gasteiger partial charge on any atom is -0.493 e. The highest BCUT2D eigenvalue weighted by molar-refractivity contribution is 7.98. The highest BCUT2D eigenvalue weighted by Crippen LogP contribution is 2.41. The van der Waals surface area contributed by atoms with Crippen LogP contribution in [0.4, 0.5) is 0 Å². The highest BCUT2D eigenvalue weighted by atomic mass is 35.5. The van der Waals surface area contributed by atoms with Gasteiger partial charge in [0.25, 0.3) is 0 Å². The Balaban J connectivity index is 1.58. The van der Waals surface area contributed by atoms with Crippen molar-refractivity contribution in [1.82, 2.24) is 19.7 Å². The number of hydrogen-bond acceptors (Lipinski definition) is 8. The third kappa shape index (κ3) is 4.35. The number of thioether (sulfide) groups is 1. The number of nitrogens with zero attached hydrogens (tertiary/aromatic N) is 4. The molecule has 0 aliphatic heterocycles. The Morgan fingerprint density at radius 2 is 1.78 bits per heavy atom. The first-order chi connectivity index (χ1) is 15.6. The Morgan fingerprint density at radius 1 is 1.03 bits per heavy atom. The van der Waals surface area contributed by atoms with Crippen molar-refractivity contribution in [2.75, 3.05) is 21.3 Å². The van der Waals surface area contributed by atoms with E-state index >= 15 is 0 Å². The van der Waals surface area contributed by atoms with Crippen molar-refractivity contribution in [3.05, 3.63) is 41.2 Å². The lowest BCUT2D eigenvalue weighted by atomic mass is 10.2. The molecule has 10 heteroatoms. The topological polar surface area (TPSA) is 84.4 Å². The van der Waals surface area contributed by atoms with E-state index in [4.69, 9.17) is 35.2 Å². The van der Waals surface area contributed by atoms with Crippen molar-refractivity contribution in [2.24, 2.45) is 0 Å². The first-order valence-electron chi connectivity index (χ1n) is 9.99. The van der Waals surface area contributed by atoms with E-state index in [2.05, 4.69) is 21.7 Å². The molecule has 4 rings (SSSR count). The zero-order chi connectivity index (χ0) is 22.7. The molecule has 0 fully saturated rings. The van der Waals surface area contributed by atoms with E-state index in [0.29, 0.717) is 45.4 Å². The Bertz CT molecular complexity index is 1220. The summed E-state index contributed by atoms with van der Waals surface area (Å²) in [5, 5.41) is 9.94. The number of fused-ring (bicyclic) bond motifs is 1. The molecular weight excluding hydrogens is 452 g/mol.